The highest BCUT2D eigenvalue weighted by atomic mass is 32.1. The molecule has 1 aliphatic carbocycles. The van der Waals surface area contributed by atoms with Crippen molar-refractivity contribution < 1.29 is 10.5 Å². The molecule has 0 aromatic carbocycles. The normalized spacial score (nSPS) is 19.1. The van der Waals surface area contributed by atoms with Crippen molar-refractivity contribution in [2.24, 2.45) is 7.05 Å². The molecule has 5 rings (SSSR count). The zero-order valence-corrected chi connectivity index (χ0v) is 18.5. The van der Waals surface area contributed by atoms with Crippen molar-refractivity contribution in [3.05, 3.63) is 46.8 Å². The van der Waals surface area contributed by atoms with Gasteiger partial charge in [0.05, 0.1) is 23.3 Å². The van der Waals surface area contributed by atoms with Crippen LogP contribution in [-0.2, 0) is 7.05 Å². The average molecular weight is 437 g/mol. The maximum atomic E-state index is 12.9. The van der Waals surface area contributed by atoms with Gasteiger partial charge in [0.1, 0.15) is 6.04 Å². The van der Waals surface area contributed by atoms with Gasteiger partial charge in [-0.3, -0.25) is 9.48 Å². The fraction of sp³-hybridized carbons (Fsp3) is 0.364. The van der Waals surface area contributed by atoms with E-state index in [4.69, 9.17) is 0 Å². The van der Waals surface area contributed by atoms with Gasteiger partial charge in [0.25, 0.3) is 5.91 Å². The molecule has 2 atom stereocenters. The quantitative estimate of drug-likeness (QED) is 0.513. The zero-order chi connectivity index (χ0) is 21.5. The molecule has 0 saturated heterocycles. The average Bonchev–Trinajstić information content (AvgIpc) is 3.47. The fourth-order valence-corrected chi connectivity index (χ4v) is 5.22. The van der Waals surface area contributed by atoms with Crippen LogP contribution in [-0.4, -0.2) is 42.4 Å². The summed E-state index contributed by atoms with van der Waals surface area (Å²) < 4.78 is 3.55. The second-order valence-electron chi connectivity index (χ2n) is 8.28. The Labute approximate surface area is 184 Å². The van der Waals surface area contributed by atoms with E-state index < -0.39 is 0 Å². The van der Waals surface area contributed by atoms with Crippen LogP contribution in [0.1, 0.15) is 40.2 Å². The first-order chi connectivity index (χ1) is 15.0. The van der Waals surface area contributed by atoms with Gasteiger partial charge in [0.2, 0.25) is 0 Å². The lowest BCUT2D eigenvalue weighted by Crippen LogP contribution is -2.70. The number of amides is 1. The lowest BCUT2D eigenvalue weighted by molar-refractivity contribution is -0.430. The van der Waals surface area contributed by atoms with E-state index >= 15 is 0 Å². The van der Waals surface area contributed by atoms with Gasteiger partial charge >= 0.3 is 0 Å². The molecule has 0 radical (unpaired) electrons. The van der Waals surface area contributed by atoms with Gasteiger partial charge in [-0.25, -0.2) is 9.50 Å². The van der Waals surface area contributed by atoms with Gasteiger partial charge < -0.3 is 11.1 Å². The highest BCUT2D eigenvalue weighted by Gasteiger charge is 2.27. The van der Waals surface area contributed by atoms with Crippen LogP contribution in [0.15, 0.2) is 37.1 Å². The molecule has 4 heterocycles. The van der Waals surface area contributed by atoms with Gasteiger partial charge in [-0.05, 0) is 25.8 Å². The Morgan fingerprint density at radius 1 is 1.13 bits per heavy atom. The molecule has 1 amide bonds. The summed E-state index contributed by atoms with van der Waals surface area (Å²) in [6, 6.07) is 2.41. The Balaban J connectivity index is 1.42. The van der Waals surface area contributed by atoms with Crippen molar-refractivity contribution in [2.75, 3.05) is 0 Å². The first-order valence-corrected chi connectivity index (χ1v) is 11.4. The molecule has 0 unspecified atom stereocenters. The molecule has 31 heavy (non-hydrogen) atoms. The third-order valence-electron chi connectivity index (χ3n) is 6.05. The fourth-order valence-electron chi connectivity index (χ4n) is 4.28. The van der Waals surface area contributed by atoms with Crippen LogP contribution < -0.4 is 11.1 Å². The van der Waals surface area contributed by atoms with E-state index in [9.17, 15) is 4.79 Å². The number of rotatable bonds is 4. The highest BCUT2D eigenvalue weighted by Crippen LogP contribution is 2.33. The number of nitrogens with one attached hydrogen (secondary N) is 1. The Kier molecular flexibility index (Phi) is 5.07. The number of fused-ring (bicyclic) bond motifs is 1. The topological polar surface area (TPSA) is 105 Å². The predicted octanol–water partition coefficient (Wildman–Crippen LogP) is 2.45. The van der Waals surface area contributed by atoms with Crippen molar-refractivity contribution in [1.82, 2.24) is 29.7 Å². The number of quaternary nitrogens is 1. The second kappa shape index (κ2) is 7.90. The van der Waals surface area contributed by atoms with E-state index in [1.807, 2.05) is 51.0 Å². The minimum Gasteiger partial charge on any atom is -0.353 e. The van der Waals surface area contributed by atoms with E-state index in [-0.39, 0.29) is 18.0 Å². The van der Waals surface area contributed by atoms with Crippen molar-refractivity contribution in [3.63, 3.8) is 0 Å². The number of thiophene rings is 1. The highest BCUT2D eigenvalue weighted by molar-refractivity contribution is 7.14. The first-order valence-electron chi connectivity index (χ1n) is 10.6. The third-order valence-corrected chi connectivity index (χ3v) is 7.10. The molecule has 0 aliphatic heterocycles. The van der Waals surface area contributed by atoms with E-state index in [0.717, 1.165) is 56.9 Å². The van der Waals surface area contributed by atoms with Crippen LogP contribution >= 0.6 is 11.3 Å². The zero-order valence-electron chi connectivity index (χ0n) is 17.7. The maximum absolute atomic E-state index is 12.9. The lowest BCUT2D eigenvalue weighted by atomic mass is 9.91. The summed E-state index contributed by atoms with van der Waals surface area (Å²) in [4.78, 5) is 19.3. The van der Waals surface area contributed by atoms with Gasteiger partial charge in [-0.2, -0.15) is 10.2 Å². The van der Waals surface area contributed by atoms with Crippen molar-refractivity contribution in [1.29, 1.82) is 0 Å². The second-order valence-corrected chi connectivity index (χ2v) is 9.53. The SMILES string of the molecule is Cc1sc(C(=O)N[C@@H]2CCCC[C@@H]2[NH3+])cc1-c1cnn2cc(-c3cnn(C)c3)cnc12. The molecule has 1 aliphatic rings. The van der Waals surface area contributed by atoms with Crippen LogP contribution in [0.2, 0.25) is 0 Å². The van der Waals surface area contributed by atoms with Gasteiger partial charge in [-0.15, -0.1) is 11.3 Å². The Morgan fingerprint density at radius 2 is 1.94 bits per heavy atom. The van der Waals surface area contributed by atoms with Crippen molar-refractivity contribution >= 4 is 22.9 Å². The minimum absolute atomic E-state index is 0.0109. The number of carbonyl (C=O) groups excluding carboxylic acids is 1. The first kappa shape index (κ1) is 19.9. The van der Waals surface area contributed by atoms with Crippen LogP contribution in [0, 0.1) is 6.92 Å². The molecule has 9 heteroatoms. The minimum atomic E-state index is -0.0109. The molecule has 4 N–H and O–H groups in total. The molecule has 1 fully saturated rings. The molecule has 160 valence electrons. The van der Waals surface area contributed by atoms with Gasteiger partial charge in [0.15, 0.2) is 5.65 Å². The van der Waals surface area contributed by atoms with Crippen LogP contribution in [0.5, 0.6) is 0 Å². The van der Waals surface area contributed by atoms with Crippen LogP contribution in [0.3, 0.4) is 0 Å². The number of carbonyl (C=O) groups is 1. The van der Waals surface area contributed by atoms with Gasteiger partial charge in [-0.1, -0.05) is 6.42 Å². The summed E-state index contributed by atoms with van der Waals surface area (Å²) in [5.41, 5.74) is 8.86. The third kappa shape index (κ3) is 3.75. The Bertz CT molecular complexity index is 1250. The van der Waals surface area contributed by atoms with E-state index in [1.165, 1.54) is 17.8 Å². The molecular formula is C22H26N7OS+. The molecule has 0 spiro atoms. The van der Waals surface area contributed by atoms with Crippen LogP contribution in [0.25, 0.3) is 27.9 Å². The standard InChI is InChI=1S/C22H25N7OS/c1-13-16(7-20(31-13)22(30)27-19-6-4-3-5-18(19)23)17-10-26-29-12-14(8-24-21(17)29)15-9-25-28(2)11-15/h7-12,18-19H,3-6,23H2,1-2H3,(H,27,30)/p+1/t18-,19+/m0/s1. The molecule has 4 aromatic rings. The Hall–Kier alpha value is -3.04. The molecule has 0 bridgehead atoms. The number of hydrogen-bond donors (Lipinski definition) is 2. The van der Waals surface area contributed by atoms with E-state index in [1.54, 1.807) is 9.20 Å². The summed E-state index contributed by atoms with van der Waals surface area (Å²) in [6.07, 6.45) is 13.8. The summed E-state index contributed by atoms with van der Waals surface area (Å²) in [7, 11) is 1.89. The molecule has 4 aromatic heterocycles. The maximum Gasteiger partial charge on any atom is 0.261 e. The van der Waals surface area contributed by atoms with E-state index in [2.05, 4.69) is 26.2 Å². The van der Waals surface area contributed by atoms with Crippen LogP contribution in [0.4, 0.5) is 0 Å². The molecule has 1 saturated carbocycles. The summed E-state index contributed by atoms with van der Waals surface area (Å²) in [6.45, 7) is 2.04. The monoisotopic (exact) mass is 436 g/mol. The predicted molar refractivity (Wildman–Crippen MR) is 120 cm³/mol. The largest absolute Gasteiger partial charge is 0.353 e. The van der Waals surface area contributed by atoms with E-state index in [0.29, 0.717) is 0 Å². The summed E-state index contributed by atoms with van der Waals surface area (Å²) in [5, 5.41) is 11.9. The summed E-state index contributed by atoms with van der Waals surface area (Å²) >= 11 is 1.51. The molecular weight excluding hydrogens is 410 g/mol. The van der Waals surface area contributed by atoms with Crippen molar-refractivity contribution in [3.8, 4) is 22.3 Å². The lowest BCUT2D eigenvalue weighted by Gasteiger charge is -2.26. The number of aryl methyl sites for hydroxylation is 2. The number of nitrogens with zero attached hydrogens (tertiary/aromatic N) is 5. The number of hydrogen-bond acceptors (Lipinski definition) is 5. The number of aromatic nitrogens is 5. The molecule has 8 nitrogen and oxygen atoms in total. The Morgan fingerprint density at radius 3 is 2.71 bits per heavy atom. The summed E-state index contributed by atoms with van der Waals surface area (Å²) in [5.74, 6) is -0.0109. The van der Waals surface area contributed by atoms with Crippen molar-refractivity contribution in [2.45, 2.75) is 44.7 Å². The smallest absolute Gasteiger partial charge is 0.261 e. The van der Waals surface area contributed by atoms with Gasteiger partial charge in [0, 0.05) is 59.2 Å².